The SMILES string of the molecule is Cc1c(C(=O)NCC2CNC2)nnn1-c1cccc2cnccc12. The number of carbonyl (C=O) groups excluding carboxylic acids is 1. The van der Waals surface area contributed by atoms with Gasteiger partial charge in [0, 0.05) is 48.7 Å². The van der Waals surface area contributed by atoms with Gasteiger partial charge in [-0.25, -0.2) is 4.68 Å². The Bertz CT molecular complexity index is 894. The van der Waals surface area contributed by atoms with Crippen LogP contribution >= 0.6 is 0 Å². The van der Waals surface area contributed by atoms with Crippen molar-refractivity contribution in [2.45, 2.75) is 6.92 Å². The predicted octanol–water partition coefficient (Wildman–Crippen LogP) is 1.07. The average Bonchev–Trinajstić information content (AvgIpc) is 2.94. The molecule has 0 bridgehead atoms. The lowest BCUT2D eigenvalue weighted by Gasteiger charge is -2.26. The lowest BCUT2D eigenvalue weighted by molar-refractivity contribution is 0.0936. The summed E-state index contributed by atoms with van der Waals surface area (Å²) < 4.78 is 1.71. The van der Waals surface area contributed by atoms with Crippen molar-refractivity contribution < 1.29 is 4.79 Å². The first kappa shape index (κ1) is 14.8. The van der Waals surface area contributed by atoms with Crippen molar-refractivity contribution in [2.24, 2.45) is 5.92 Å². The lowest BCUT2D eigenvalue weighted by atomic mass is 10.0. The van der Waals surface area contributed by atoms with Crippen LogP contribution in [0.25, 0.3) is 16.5 Å². The van der Waals surface area contributed by atoms with E-state index in [0.717, 1.165) is 35.2 Å². The molecular formula is C17H18N6O. The summed E-state index contributed by atoms with van der Waals surface area (Å²) in [6, 6.07) is 7.85. The summed E-state index contributed by atoms with van der Waals surface area (Å²) in [6.07, 6.45) is 3.56. The Morgan fingerprint density at radius 1 is 1.38 bits per heavy atom. The number of hydrogen-bond donors (Lipinski definition) is 2. The molecule has 0 radical (unpaired) electrons. The third-order valence-corrected chi connectivity index (χ3v) is 4.41. The molecule has 0 spiro atoms. The van der Waals surface area contributed by atoms with Crippen molar-refractivity contribution in [1.29, 1.82) is 0 Å². The van der Waals surface area contributed by atoms with Gasteiger partial charge >= 0.3 is 0 Å². The maximum atomic E-state index is 12.4. The van der Waals surface area contributed by atoms with E-state index in [4.69, 9.17) is 0 Å². The summed E-state index contributed by atoms with van der Waals surface area (Å²) in [5.41, 5.74) is 1.99. The number of benzene rings is 1. The van der Waals surface area contributed by atoms with E-state index in [-0.39, 0.29) is 5.91 Å². The number of hydrogen-bond acceptors (Lipinski definition) is 5. The van der Waals surface area contributed by atoms with E-state index in [1.807, 2.05) is 37.4 Å². The van der Waals surface area contributed by atoms with Gasteiger partial charge in [0.25, 0.3) is 5.91 Å². The first-order chi connectivity index (χ1) is 11.7. The predicted molar refractivity (Wildman–Crippen MR) is 90.1 cm³/mol. The van der Waals surface area contributed by atoms with Crippen LogP contribution < -0.4 is 10.6 Å². The molecular weight excluding hydrogens is 304 g/mol. The highest BCUT2D eigenvalue weighted by Crippen LogP contribution is 2.22. The minimum Gasteiger partial charge on any atom is -0.350 e. The van der Waals surface area contributed by atoms with Gasteiger partial charge in [0.05, 0.1) is 11.4 Å². The van der Waals surface area contributed by atoms with Gasteiger partial charge in [0.2, 0.25) is 0 Å². The molecule has 0 atom stereocenters. The molecule has 0 aliphatic carbocycles. The summed E-state index contributed by atoms with van der Waals surface area (Å²) in [6.45, 7) is 4.43. The van der Waals surface area contributed by atoms with E-state index in [0.29, 0.717) is 18.2 Å². The molecule has 2 aromatic heterocycles. The fourth-order valence-corrected chi connectivity index (χ4v) is 2.87. The maximum Gasteiger partial charge on any atom is 0.273 e. The normalized spacial score (nSPS) is 14.5. The molecule has 1 amide bonds. The molecule has 0 saturated carbocycles. The van der Waals surface area contributed by atoms with Crippen LogP contribution in [-0.4, -0.2) is 45.5 Å². The summed E-state index contributed by atoms with van der Waals surface area (Å²) in [4.78, 5) is 16.5. The Morgan fingerprint density at radius 3 is 3.04 bits per heavy atom. The van der Waals surface area contributed by atoms with Crippen LogP contribution in [0, 0.1) is 12.8 Å². The van der Waals surface area contributed by atoms with Gasteiger partial charge in [0.15, 0.2) is 5.69 Å². The molecule has 0 unspecified atom stereocenters. The van der Waals surface area contributed by atoms with Crippen molar-refractivity contribution >= 4 is 16.7 Å². The Kier molecular flexibility index (Phi) is 3.70. The smallest absolute Gasteiger partial charge is 0.273 e. The number of pyridine rings is 1. The number of amides is 1. The highest BCUT2D eigenvalue weighted by atomic mass is 16.2. The lowest BCUT2D eigenvalue weighted by Crippen LogP contribution is -2.48. The molecule has 1 aromatic carbocycles. The second-order valence-electron chi connectivity index (χ2n) is 6.04. The quantitative estimate of drug-likeness (QED) is 0.751. The second-order valence-corrected chi connectivity index (χ2v) is 6.04. The fraction of sp³-hybridized carbons (Fsp3) is 0.294. The van der Waals surface area contributed by atoms with Crippen LogP contribution in [0.1, 0.15) is 16.2 Å². The largest absolute Gasteiger partial charge is 0.350 e. The molecule has 3 heterocycles. The third-order valence-electron chi connectivity index (χ3n) is 4.41. The zero-order chi connectivity index (χ0) is 16.5. The highest BCUT2D eigenvalue weighted by molar-refractivity contribution is 5.94. The number of rotatable bonds is 4. The van der Waals surface area contributed by atoms with Gasteiger partial charge in [-0.15, -0.1) is 5.10 Å². The van der Waals surface area contributed by atoms with Gasteiger partial charge in [-0.1, -0.05) is 17.3 Å². The first-order valence-electron chi connectivity index (χ1n) is 7.98. The Balaban J connectivity index is 1.64. The molecule has 1 aliphatic rings. The van der Waals surface area contributed by atoms with Crippen LogP contribution in [0.15, 0.2) is 36.7 Å². The maximum absolute atomic E-state index is 12.4. The summed E-state index contributed by atoms with van der Waals surface area (Å²) in [7, 11) is 0. The van der Waals surface area contributed by atoms with E-state index in [1.54, 1.807) is 10.9 Å². The van der Waals surface area contributed by atoms with Crippen LogP contribution in [0.4, 0.5) is 0 Å². The molecule has 1 saturated heterocycles. The third kappa shape index (κ3) is 2.52. The fourth-order valence-electron chi connectivity index (χ4n) is 2.87. The van der Waals surface area contributed by atoms with Crippen LogP contribution in [0.5, 0.6) is 0 Å². The molecule has 7 heteroatoms. The molecule has 1 aliphatic heterocycles. The van der Waals surface area contributed by atoms with Crippen molar-refractivity contribution in [3.63, 3.8) is 0 Å². The van der Waals surface area contributed by atoms with Crippen LogP contribution in [0.3, 0.4) is 0 Å². The van der Waals surface area contributed by atoms with Crippen LogP contribution in [0.2, 0.25) is 0 Å². The molecule has 7 nitrogen and oxygen atoms in total. The van der Waals surface area contributed by atoms with Crippen LogP contribution in [-0.2, 0) is 0 Å². The van der Waals surface area contributed by atoms with Gasteiger partial charge < -0.3 is 10.6 Å². The van der Waals surface area contributed by atoms with Crippen molar-refractivity contribution in [3.8, 4) is 5.69 Å². The van der Waals surface area contributed by atoms with Gasteiger partial charge in [-0.05, 0) is 19.1 Å². The zero-order valence-electron chi connectivity index (χ0n) is 13.4. The molecule has 2 N–H and O–H groups in total. The summed E-state index contributed by atoms with van der Waals surface area (Å²) in [5.74, 6) is 0.336. The van der Waals surface area contributed by atoms with Gasteiger partial charge in [-0.3, -0.25) is 9.78 Å². The van der Waals surface area contributed by atoms with E-state index >= 15 is 0 Å². The van der Waals surface area contributed by atoms with E-state index in [2.05, 4.69) is 25.9 Å². The summed E-state index contributed by atoms with van der Waals surface area (Å²) in [5, 5.41) is 16.5. The summed E-state index contributed by atoms with van der Waals surface area (Å²) >= 11 is 0. The van der Waals surface area contributed by atoms with E-state index in [1.165, 1.54) is 0 Å². The number of aromatic nitrogens is 4. The standard InChI is InChI=1S/C17H18N6O/c1-11-16(17(24)20-9-12-7-19-8-12)21-22-23(11)15-4-2-3-13-10-18-6-5-14(13)15/h2-6,10,12,19H,7-9H2,1H3,(H,20,24). The highest BCUT2D eigenvalue weighted by Gasteiger charge is 2.21. The minimum atomic E-state index is -0.174. The van der Waals surface area contributed by atoms with Gasteiger partial charge in [-0.2, -0.15) is 0 Å². The monoisotopic (exact) mass is 322 g/mol. The molecule has 4 rings (SSSR count). The second kappa shape index (κ2) is 6.01. The number of carbonyl (C=O) groups is 1. The van der Waals surface area contributed by atoms with E-state index < -0.39 is 0 Å². The molecule has 3 aromatic rings. The molecule has 1 fully saturated rings. The minimum absolute atomic E-state index is 0.174. The van der Waals surface area contributed by atoms with E-state index in [9.17, 15) is 4.79 Å². The van der Waals surface area contributed by atoms with Gasteiger partial charge in [0.1, 0.15) is 0 Å². The topological polar surface area (TPSA) is 84.7 Å². The number of fused-ring (bicyclic) bond motifs is 1. The van der Waals surface area contributed by atoms with Crippen molar-refractivity contribution in [1.82, 2.24) is 30.6 Å². The first-order valence-corrected chi connectivity index (χ1v) is 7.98. The number of nitrogens with one attached hydrogen (secondary N) is 2. The Labute approximate surface area is 139 Å². The van der Waals surface area contributed by atoms with Crippen molar-refractivity contribution in [3.05, 3.63) is 48.0 Å². The Hall–Kier alpha value is -2.80. The van der Waals surface area contributed by atoms with Crippen molar-refractivity contribution in [2.75, 3.05) is 19.6 Å². The zero-order valence-corrected chi connectivity index (χ0v) is 13.4. The molecule has 24 heavy (non-hydrogen) atoms. The number of nitrogens with zero attached hydrogens (tertiary/aromatic N) is 4. The Morgan fingerprint density at radius 2 is 2.25 bits per heavy atom. The average molecular weight is 322 g/mol. The molecule has 122 valence electrons.